The van der Waals surface area contributed by atoms with Gasteiger partial charge in [0.2, 0.25) is 0 Å². The van der Waals surface area contributed by atoms with Crippen molar-refractivity contribution in [3.63, 3.8) is 0 Å². The van der Waals surface area contributed by atoms with Crippen molar-refractivity contribution in [1.29, 1.82) is 0 Å². The number of ketones is 1. The lowest BCUT2D eigenvalue weighted by molar-refractivity contribution is -0.124. The topological polar surface area (TPSA) is 85.8 Å². The van der Waals surface area contributed by atoms with Crippen LogP contribution in [0.15, 0.2) is 54.7 Å². The van der Waals surface area contributed by atoms with Crippen LogP contribution in [0.3, 0.4) is 0 Å². The van der Waals surface area contributed by atoms with Crippen LogP contribution >= 0.6 is 0 Å². The van der Waals surface area contributed by atoms with Gasteiger partial charge in [0.05, 0.1) is 5.69 Å². The van der Waals surface area contributed by atoms with E-state index in [-0.39, 0.29) is 5.78 Å². The lowest BCUT2D eigenvalue weighted by Crippen LogP contribution is -2.44. The summed E-state index contributed by atoms with van der Waals surface area (Å²) in [7, 11) is 2.12. The Morgan fingerprint density at radius 2 is 1.86 bits per heavy atom. The number of hydrogen-bond donors (Lipinski definition) is 2. The van der Waals surface area contributed by atoms with Crippen molar-refractivity contribution < 1.29 is 14.8 Å². The highest BCUT2D eigenvalue weighted by Gasteiger charge is 2.15. The zero-order valence-electron chi connectivity index (χ0n) is 16.3. The van der Waals surface area contributed by atoms with Crippen molar-refractivity contribution in [2.45, 2.75) is 0 Å². The fourth-order valence-electron chi connectivity index (χ4n) is 3.00. The van der Waals surface area contributed by atoms with Gasteiger partial charge in [0, 0.05) is 49.7 Å². The molecule has 2 heterocycles. The van der Waals surface area contributed by atoms with Crippen molar-refractivity contribution in [3.8, 4) is 0 Å². The summed E-state index contributed by atoms with van der Waals surface area (Å²) in [6.45, 7) is 3.94. The highest BCUT2D eigenvalue weighted by atomic mass is 16.5. The maximum Gasteiger partial charge on any atom is 0.267 e. The molecule has 150 valence electrons. The molecule has 1 aromatic heterocycles. The maximum atomic E-state index is 12.6. The Labute approximate surface area is 169 Å². The molecule has 0 unspecified atom stereocenters. The number of pyridine rings is 1. The summed E-state index contributed by atoms with van der Waals surface area (Å²) in [5.74, 6) is -0.690. The molecule has 0 aliphatic carbocycles. The summed E-state index contributed by atoms with van der Waals surface area (Å²) in [6, 6.07) is 11.2. The molecular formula is C22H24N4O3. The summed E-state index contributed by atoms with van der Waals surface area (Å²) >= 11 is 0. The molecule has 0 radical (unpaired) electrons. The van der Waals surface area contributed by atoms with Gasteiger partial charge in [0.25, 0.3) is 5.91 Å². The van der Waals surface area contributed by atoms with Crippen LogP contribution in [0, 0.1) is 0 Å². The Bertz CT molecular complexity index is 914. The number of hydrogen-bond acceptors (Lipinski definition) is 6. The van der Waals surface area contributed by atoms with Gasteiger partial charge in [-0.1, -0.05) is 18.2 Å². The van der Waals surface area contributed by atoms with Gasteiger partial charge < -0.3 is 9.80 Å². The maximum absolute atomic E-state index is 12.6. The van der Waals surface area contributed by atoms with Crippen molar-refractivity contribution in [2.75, 3.05) is 38.1 Å². The number of carbonyl (C=O) groups is 2. The molecule has 2 N–H and O–H groups in total. The Morgan fingerprint density at radius 3 is 2.55 bits per heavy atom. The number of likely N-dealkylation sites (N-methyl/N-ethyl adjacent to an activating group) is 1. The second kappa shape index (κ2) is 9.77. The van der Waals surface area contributed by atoms with E-state index in [0.717, 1.165) is 37.4 Å². The molecule has 1 aromatic carbocycles. The van der Waals surface area contributed by atoms with E-state index in [1.54, 1.807) is 24.4 Å². The van der Waals surface area contributed by atoms with E-state index in [0.29, 0.717) is 11.3 Å². The van der Waals surface area contributed by atoms with Crippen LogP contribution in [0.5, 0.6) is 0 Å². The summed E-state index contributed by atoms with van der Waals surface area (Å²) in [5.41, 5.74) is 4.58. The monoisotopic (exact) mass is 392 g/mol. The third-order valence-electron chi connectivity index (χ3n) is 4.75. The van der Waals surface area contributed by atoms with E-state index in [2.05, 4.69) is 21.8 Å². The minimum absolute atomic E-state index is 0.0652. The fourth-order valence-corrected chi connectivity index (χ4v) is 3.00. The largest absolute Gasteiger partial charge is 0.369 e. The molecule has 1 saturated heterocycles. The molecule has 7 heteroatoms. The minimum Gasteiger partial charge on any atom is -0.369 e. The standard InChI is InChI=1S/C22H24N4O3/c1-25-11-13-26(14-12-25)20-4-2-3-18(15-20)21(27)9-6-17-5-7-19(23-16-17)8-10-22(28)24-29/h2-10,15-16,29H,11-14H2,1H3,(H,24,28). The van der Waals surface area contributed by atoms with E-state index in [1.807, 2.05) is 24.3 Å². The van der Waals surface area contributed by atoms with Crippen LogP contribution in [0.4, 0.5) is 5.69 Å². The van der Waals surface area contributed by atoms with Gasteiger partial charge in [0.15, 0.2) is 5.78 Å². The number of piperazine rings is 1. The second-order valence-electron chi connectivity index (χ2n) is 6.86. The first-order valence-electron chi connectivity index (χ1n) is 9.39. The van der Waals surface area contributed by atoms with E-state index in [4.69, 9.17) is 5.21 Å². The predicted octanol–water partition coefficient (Wildman–Crippen LogP) is 2.25. The number of amides is 1. The van der Waals surface area contributed by atoms with Crippen molar-refractivity contribution in [1.82, 2.24) is 15.4 Å². The molecule has 1 fully saturated rings. The Kier molecular flexibility index (Phi) is 6.89. The molecule has 7 nitrogen and oxygen atoms in total. The molecule has 1 aliphatic heterocycles. The van der Waals surface area contributed by atoms with Gasteiger partial charge >= 0.3 is 0 Å². The first kappa shape index (κ1) is 20.4. The number of benzene rings is 1. The van der Waals surface area contributed by atoms with E-state index in [9.17, 15) is 9.59 Å². The highest BCUT2D eigenvalue weighted by Crippen LogP contribution is 2.18. The number of anilines is 1. The highest BCUT2D eigenvalue weighted by molar-refractivity contribution is 6.07. The number of hydroxylamine groups is 1. The van der Waals surface area contributed by atoms with Gasteiger partial charge in [0.1, 0.15) is 0 Å². The smallest absolute Gasteiger partial charge is 0.267 e. The first-order valence-corrected chi connectivity index (χ1v) is 9.39. The third kappa shape index (κ3) is 5.84. The number of nitrogens with zero attached hydrogens (tertiary/aromatic N) is 3. The molecule has 1 aliphatic rings. The third-order valence-corrected chi connectivity index (χ3v) is 4.75. The molecule has 1 amide bonds. The summed E-state index contributed by atoms with van der Waals surface area (Å²) in [5, 5.41) is 8.46. The Morgan fingerprint density at radius 1 is 1.07 bits per heavy atom. The van der Waals surface area contributed by atoms with Crippen molar-refractivity contribution in [3.05, 3.63) is 71.6 Å². The second-order valence-corrected chi connectivity index (χ2v) is 6.86. The number of carbonyl (C=O) groups excluding carboxylic acids is 2. The summed E-state index contributed by atoms with van der Waals surface area (Å²) < 4.78 is 0. The minimum atomic E-state index is -0.625. The van der Waals surface area contributed by atoms with Crippen LogP contribution in [0.1, 0.15) is 21.6 Å². The quantitative estimate of drug-likeness (QED) is 0.339. The lowest BCUT2D eigenvalue weighted by atomic mass is 10.1. The van der Waals surface area contributed by atoms with Gasteiger partial charge in [-0.15, -0.1) is 0 Å². The van der Waals surface area contributed by atoms with Crippen LogP contribution < -0.4 is 10.4 Å². The molecule has 0 atom stereocenters. The average Bonchev–Trinajstić information content (AvgIpc) is 2.77. The van der Waals surface area contributed by atoms with Crippen LogP contribution in [-0.2, 0) is 4.79 Å². The fraction of sp³-hybridized carbons (Fsp3) is 0.227. The lowest BCUT2D eigenvalue weighted by Gasteiger charge is -2.34. The molecule has 2 aromatic rings. The normalized spacial score (nSPS) is 15.2. The molecule has 0 saturated carbocycles. The zero-order chi connectivity index (χ0) is 20.6. The number of aromatic nitrogens is 1. The molecule has 0 bridgehead atoms. The van der Waals surface area contributed by atoms with Gasteiger partial charge in [-0.3, -0.25) is 19.8 Å². The Balaban J connectivity index is 1.64. The van der Waals surface area contributed by atoms with Crippen LogP contribution in [0.25, 0.3) is 12.2 Å². The van der Waals surface area contributed by atoms with Crippen LogP contribution in [-0.4, -0.2) is 60.0 Å². The van der Waals surface area contributed by atoms with E-state index >= 15 is 0 Å². The summed E-state index contributed by atoms with van der Waals surface area (Å²) in [6.07, 6.45) is 7.52. The SMILES string of the molecule is CN1CCN(c2cccc(C(=O)C=Cc3ccc(C=CC(=O)NO)nc3)c2)CC1. The number of nitrogens with one attached hydrogen (secondary N) is 1. The van der Waals surface area contributed by atoms with E-state index < -0.39 is 5.91 Å². The van der Waals surface area contributed by atoms with Gasteiger partial charge in [-0.05, 0) is 49.0 Å². The molecule has 3 rings (SSSR count). The molecule has 0 spiro atoms. The molecule has 29 heavy (non-hydrogen) atoms. The van der Waals surface area contributed by atoms with Crippen molar-refractivity contribution in [2.24, 2.45) is 0 Å². The molecular weight excluding hydrogens is 368 g/mol. The van der Waals surface area contributed by atoms with E-state index in [1.165, 1.54) is 23.7 Å². The first-order chi connectivity index (χ1) is 14.0. The Hall–Kier alpha value is -3.29. The zero-order valence-corrected chi connectivity index (χ0v) is 16.3. The number of allylic oxidation sites excluding steroid dienone is 1. The van der Waals surface area contributed by atoms with Gasteiger partial charge in [-0.2, -0.15) is 0 Å². The average molecular weight is 392 g/mol. The van der Waals surface area contributed by atoms with Gasteiger partial charge in [-0.25, -0.2) is 5.48 Å². The summed E-state index contributed by atoms with van der Waals surface area (Å²) in [4.78, 5) is 32.3. The predicted molar refractivity (Wildman–Crippen MR) is 113 cm³/mol. The van der Waals surface area contributed by atoms with Crippen LogP contribution in [0.2, 0.25) is 0 Å². The number of rotatable bonds is 6. The van der Waals surface area contributed by atoms with Crippen molar-refractivity contribution >= 4 is 29.5 Å².